The minimum absolute atomic E-state index is 0.0477. The van der Waals surface area contributed by atoms with Gasteiger partial charge in [-0.1, -0.05) is 46.3 Å². The summed E-state index contributed by atoms with van der Waals surface area (Å²) in [6, 6.07) is 24.1. The van der Waals surface area contributed by atoms with E-state index in [2.05, 4.69) is 26.6 Å². The predicted molar refractivity (Wildman–Crippen MR) is 118 cm³/mol. The maximum absolute atomic E-state index is 12.1. The molecule has 148 valence electrons. The van der Waals surface area contributed by atoms with Gasteiger partial charge in [0.2, 0.25) is 5.91 Å². The number of hydrogen-bond donors (Lipinski definition) is 2. The maximum Gasteiger partial charge on any atom is 0.262 e. The van der Waals surface area contributed by atoms with E-state index in [1.54, 1.807) is 36.4 Å². The van der Waals surface area contributed by atoms with Crippen molar-refractivity contribution in [2.75, 3.05) is 17.2 Å². The molecule has 29 heavy (non-hydrogen) atoms. The molecule has 0 radical (unpaired) electrons. The van der Waals surface area contributed by atoms with Gasteiger partial charge in [-0.25, -0.2) is 0 Å². The van der Waals surface area contributed by atoms with Gasteiger partial charge in [0.25, 0.3) is 5.91 Å². The Labute approximate surface area is 178 Å². The lowest BCUT2D eigenvalue weighted by molar-refractivity contribution is -0.118. The lowest BCUT2D eigenvalue weighted by Gasteiger charge is -2.09. The second-order valence-electron chi connectivity index (χ2n) is 6.40. The van der Waals surface area contributed by atoms with Crippen LogP contribution in [0.4, 0.5) is 11.4 Å². The molecule has 0 unspecified atom stereocenters. The van der Waals surface area contributed by atoms with E-state index in [1.807, 2.05) is 42.5 Å². The third kappa shape index (κ3) is 7.08. The molecule has 0 saturated heterocycles. The number of benzene rings is 3. The van der Waals surface area contributed by atoms with E-state index >= 15 is 0 Å². The van der Waals surface area contributed by atoms with Crippen molar-refractivity contribution in [3.63, 3.8) is 0 Å². The van der Waals surface area contributed by atoms with Crippen LogP contribution in [0.2, 0.25) is 0 Å². The molecular formula is C23H21BrN2O3. The number of halogens is 1. The van der Waals surface area contributed by atoms with Gasteiger partial charge in [0.05, 0.1) is 0 Å². The van der Waals surface area contributed by atoms with Crippen LogP contribution in [-0.2, 0) is 16.0 Å². The average molecular weight is 453 g/mol. The minimum Gasteiger partial charge on any atom is -0.484 e. The minimum atomic E-state index is -0.257. The van der Waals surface area contributed by atoms with Crippen molar-refractivity contribution in [3.8, 4) is 5.75 Å². The zero-order valence-electron chi connectivity index (χ0n) is 15.7. The molecule has 3 aromatic carbocycles. The molecule has 0 bridgehead atoms. The number of carbonyl (C=O) groups excluding carboxylic acids is 2. The Morgan fingerprint density at radius 1 is 0.759 bits per heavy atom. The first-order chi connectivity index (χ1) is 14.1. The molecule has 0 heterocycles. The van der Waals surface area contributed by atoms with Crippen LogP contribution in [0.25, 0.3) is 0 Å². The van der Waals surface area contributed by atoms with Gasteiger partial charge >= 0.3 is 0 Å². The van der Waals surface area contributed by atoms with Gasteiger partial charge in [-0.15, -0.1) is 0 Å². The Balaban J connectivity index is 1.42. The molecule has 2 amide bonds. The highest BCUT2D eigenvalue weighted by Crippen LogP contribution is 2.17. The molecule has 0 fully saturated rings. The monoisotopic (exact) mass is 452 g/mol. The van der Waals surface area contributed by atoms with Crippen molar-refractivity contribution < 1.29 is 14.3 Å². The number of ether oxygens (including phenoxy) is 1. The first kappa shape index (κ1) is 20.6. The summed E-state index contributed by atoms with van der Waals surface area (Å²) in [5.74, 6) is 0.318. The normalized spacial score (nSPS) is 10.2. The van der Waals surface area contributed by atoms with Gasteiger partial charge in [-0.3, -0.25) is 9.59 Å². The number of aryl methyl sites for hydroxylation is 1. The lowest BCUT2D eigenvalue weighted by Crippen LogP contribution is -2.20. The van der Waals surface area contributed by atoms with Crippen molar-refractivity contribution in [2.45, 2.75) is 12.8 Å². The largest absolute Gasteiger partial charge is 0.484 e. The molecule has 0 saturated carbocycles. The second kappa shape index (κ2) is 10.4. The number of hydrogen-bond acceptors (Lipinski definition) is 3. The highest BCUT2D eigenvalue weighted by atomic mass is 79.9. The Morgan fingerprint density at radius 2 is 1.34 bits per heavy atom. The lowest BCUT2D eigenvalue weighted by atomic mass is 10.1. The summed E-state index contributed by atoms with van der Waals surface area (Å²) in [6.45, 7) is -0.0837. The van der Waals surface area contributed by atoms with E-state index in [1.165, 1.54) is 0 Å². The zero-order valence-corrected chi connectivity index (χ0v) is 17.3. The van der Waals surface area contributed by atoms with Crippen LogP contribution in [0.15, 0.2) is 83.3 Å². The molecule has 0 aliphatic carbocycles. The Hall–Kier alpha value is -3.12. The predicted octanol–water partition coefficient (Wildman–Crippen LogP) is 5.04. The summed E-state index contributed by atoms with van der Waals surface area (Å²) >= 11 is 3.35. The van der Waals surface area contributed by atoms with Crippen LogP contribution < -0.4 is 15.4 Å². The molecule has 0 aliphatic heterocycles. The summed E-state index contributed by atoms with van der Waals surface area (Å²) in [5, 5.41) is 5.63. The first-order valence-corrected chi connectivity index (χ1v) is 10.00. The van der Waals surface area contributed by atoms with Gasteiger partial charge in [0, 0.05) is 22.3 Å². The SMILES string of the molecule is O=C(CCc1ccccc1)Nc1ccc(NC(=O)COc2ccc(Br)cc2)cc1. The van der Waals surface area contributed by atoms with Crippen molar-refractivity contribution in [2.24, 2.45) is 0 Å². The van der Waals surface area contributed by atoms with Gasteiger partial charge in [-0.2, -0.15) is 0 Å². The van der Waals surface area contributed by atoms with Crippen LogP contribution in [-0.4, -0.2) is 18.4 Å². The smallest absolute Gasteiger partial charge is 0.262 e. The van der Waals surface area contributed by atoms with Crippen LogP contribution in [0, 0.1) is 0 Å². The van der Waals surface area contributed by atoms with Gasteiger partial charge < -0.3 is 15.4 Å². The molecule has 0 aromatic heterocycles. The first-order valence-electron chi connectivity index (χ1n) is 9.20. The molecule has 6 heteroatoms. The van der Waals surface area contributed by atoms with Crippen LogP contribution in [0.3, 0.4) is 0 Å². The molecule has 5 nitrogen and oxygen atoms in total. The quantitative estimate of drug-likeness (QED) is 0.503. The summed E-state index contributed by atoms with van der Waals surface area (Å²) < 4.78 is 6.39. The summed E-state index contributed by atoms with van der Waals surface area (Å²) in [5.41, 5.74) is 2.45. The Morgan fingerprint density at radius 3 is 1.97 bits per heavy atom. The zero-order chi connectivity index (χ0) is 20.5. The molecular weight excluding hydrogens is 432 g/mol. The fraction of sp³-hybridized carbons (Fsp3) is 0.130. The van der Waals surface area contributed by atoms with E-state index < -0.39 is 0 Å². The summed E-state index contributed by atoms with van der Waals surface area (Å²) in [7, 11) is 0. The number of amides is 2. The number of rotatable bonds is 8. The highest BCUT2D eigenvalue weighted by Gasteiger charge is 2.06. The van der Waals surface area contributed by atoms with Gasteiger partial charge in [0.15, 0.2) is 6.61 Å². The van der Waals surface area contributed by atoms with E-state index in [0.29, 0.717) is 30.0 Å². The summed E-state index contributed by atoms with van der Waals surface area (Å²) in [4.78, 5) is 24.1. The highest BCUT2D eigenvalue weighted by molar-refractivity contribution is 9.10. The Kier molecular flexibility index (Phi) is 7.41. The van der Waals surface area contributed by atoms with E-state index in [9.17, 15) is 9.59 Å². The number of nitrogens with one attached hydrogen (secondary N) is 2. The number of carbonyl (C=O) groups is 2. The third-order valence-electron chi connectivity index (χ3n) is 4.12. The molecule has 0 aliphatic rings. The van der Waals surface area contributed by atoms with E-state index in [4.69, 9.17) is 4.74 Å². The van der Waals surface area contributed by atoms with Crippen LogP contribution in [0.1, 0.15) is 12.0 Å². The number of anilines is 2. The van der Waals surface area contributed by atoms with Gasteiger partial charge in [0.1, 0.15) is 5.75 Å². The standard InChI is InChI=1S/C23H21BrN2O3/c24-18-7-13-21(14-8-18)29-16-23(28)26-20-11-9-19(10-12-20)25-22(27)15-6-17-4-2-1-3-5-17/h1-5,7-14H,6,15-16H2,(H,25,27)(H,26,28). The van der Waals surface area contributed by atoms with Crippen molar-refractivity contribution in [3.05, 3.63) is 88.9 Å². The topological polar surface area (TPSA) is 67.4 Å². The van der Waals surface area contributed by atoms with E-state index in [0.717, 1.165) is 10.0 Å². The van der Waals surface area contributed by atoms with Crippen molar-refractivity contribution in [1.29, 1.82) is 0 Å². The van der Waals surface area contributed by atoms with Crippen LogP contribution >= 0.6 is 15.9 Å². The molecule has 3 rings (SSSR count). The van der Waals surface area contributed by atoms with Crippen LogP contribution in [0.5, 0.6) is 5.75 Å². The summed E-state index contributed by atoms with van der Waals surface area (Å²) in [6.07, 6.45) is 1.11. The molecule has 3 aromatic rings. The van der Waals surface area contributed by atoms with E-state index in [-0.39, 0.29) is 18.4 Å². The molecule has 0 spiro atoms. The molecule has 0 atom stereocenters. The van der Waals surface area contributed by atoms with Crippen molar-refractivity contribution in [1.82, 2.24) is 0 Å². The molecule has 2 N–H and O–H groups in total. The second-order valence-corrected chi connectivity index (χ2v) is 7.32. The third-order valence-corrected chi connectivity index (χ3v) is 4.65. The fourth-order valence-electron chi connectivity index (χ4n) is 2.64. The maximum atomic E-state index is 12.1. The average Bonchev–Trinajstić information content (AvgIpc) is 2.74. The fourth-order valence-corrected chi connectivity index (χ4v) is 2.90. The van der Waals surface area contributed by atoms with Gasteiger partial charge in [-0.05, 0) is 60.5 Å². The Bertz CT molecular complexity index is 942. The van der Waals surface area contributed by atoms with Crippen molar-refractivity contribution >= 4 is 39.1 Å².